The van der Waals surface area contributed by atoms with Gasteiger partial charge in [-0.15, -0.1) is 0 Å². The van der Waals surface area contributed by atoms with E-state index in [-0.39, 0.29) is 18.7 Å². The van der Waals surface area contributed by atoms with E-state index < -0.39 is 35.7 Å². The number of H-pyrrole nitrogens is 1. The molecule has 9 heteroatoms. The maximum Gasteiger partial charge on any atom is 0.408 e. The number of hydrogen-bond acceptors (Lipinski definition) is 5. The summed E-state index contributed by atoms with van der Waals surface area (Å²) in [4.78, 5) is 41.7. The van der Waals surface area contributed by atoms with Gasteiger partial charge in [0.05, 0.1) is 6.54 Å². The first-order valence-corrected chi connectivity index (χ1v) is 9.96. The number of carboxylic acid groups (broad SMARTS) is 1. The lowest BCUT2D eigenvalue weighted by atomic mass is 9.96. The Balaban J connectivity index is 1.86. The Morgan fingerprint density at radius 1 is 1.34 bits per heavy atom. The van der Waals surface area contributed by atoms with Gasteiger partial charge >= 0.3 is 12.1 Å². The maximum atomic E-state index is 13.1. The zero-order chi connectivity index (χ0) is 21.3. The predicted molar refractivity (Wildman–Crippen MR) is 111 cm³/mol. The molecule has 1 aliphatic rings. The molecule has 0 fully saturated rings. The number of thiol groups is 1. The topological polar surface area (TPSA) is 112 Å². The molecule has 0 bridgehead atoms. The van der Waals surface area contributed by atoms with Crippen LogP contribution in [0.5, 0.6) is 0 Å². The van der Waals surface area contributed by atoms with Gasteiger partial charge in [-0.2, -0.15) is 12.6 Å². The first-order chi connectivity index (χ1) is 13.6. The summed E-state index contributed by atoms with van der Waals surface area (Å²) in [6.45, 7) is 5.26. The van der Waals surface area contributed by atoms with Crippen molar-refractivity contribution in [2.24, 2.45) is 0 Å². The van der Waals surface area contributed by atoms with Crippen LogP contribution in [0.25, 0.3) is 10.9 Å². The highest BCUT2D eigenvalue weighted by Crippen LogP contribution is 2.30. The van der Waals surface area contributed by atoms with Crippen LogP contribution in [0.2, 0.25) is 0 Å². The van der Waals surface area contributed by atoms with Crippen molar-refractivity contribution in [3.8, 4) is 0 Å². The molecule has 1 aromatic carbocycles. The fourth-order valence-electron chi connectivity index (χ4n) is 3.50. The van der Waals surface area contributed by atoms with Crippen LogP contribution < -0.4 is 5.32 Å². The van der Waals surface area contributed by atoms with E-state index in [0.29, 0.717) is 0 Å². The van der Waals surface area contributed by atoms with E-state index in [1.807, 2.05) is 24.3 Å². The normalized spacial score (nSPS) is 17.5. The number of aliphatic carboxylic acids is 1. The van der Waals surface area contributed by atoms with Gasteiger partial charge in [0.25, 0.3) is 0 Å². The van der Waals surface area contributed by atoms with Crippen molar-refractivity contribution in [1.29, 1.82) is 0 Å². The molecular weight excluding hydrogens is 394 g/mol. The van der Waals surface area contributed by atoms with Crippen molar-refractivity contribution >= 4 is 41.5 Å². The number of para-hydroxylation sites is 1. The second-order valence-electron chi connectivity index (χ2n) is 8.03. The Bertz CT molecular complexity index is 949. The van der Waals surface area contributed by atoms with Gasteiger partial charge < -0.3 is 25.0 Å². The third-order valence-electron chi connectivity index (χ3n) is 4.74. The molecule has 0 saturated heterocycles. The summed E-state index contributed by atoms with van der Waals surface area (Å²) in [5, 5.41) is 13.2. The fourth-order valence-corrected chi connectivity index (χ4v) is 3.74. The summed E-state index contributed by atoms with van der Waals surface area (Å²) in [7, 11) is 0. The Kier molecular flexibility index (Phi) is 5.79. The van der Waals surface area contributed by atoms with Crippen molar-refractivity contribution in [2.75, 3.05) is 5.75 Å². The van der Waals surface area contributed by atoms with Crippen molar-refractivity contribution < 1.29 is 24.2 Å². The first-order valence-electron chi connectivity index (χ1n) is 9.33. The van der Waals surface area contributed by atoms with E-state index in [2.05, 4.69) is 22.9 Å². The summed E-state index contributed by atoms with van der Waals surface area (Å²) >= 11 is 4.17. The zero-order valence-electron chi connectivity index (χ0n) is 16.6. The number of nitrogens with one attached hydrogen (secondary N) is 2. The number of nitrogens with zero attached hydrogens (tertiary/aromatic N) is 1. The van der Waals surface area contributed by atoms with Crippen molar-refractivity contribution in [3.63, 3.8) is 0 Å². The number of hydrogen-bond donors (Lipinski definition) is 4. The molecular formula is C20H25N3O5S. The number of rotatable bonds is 4. The number of carbonyl (C=O) groups is 3. The number of carboxylic acids is 1. The Labute approximate surface area is 174 Å². The Morgan fingerprint density at radius 3 is 2.66 bits per heavy atom. The third kappa shape index (κ3) is 4.50. The minimum atomic E-state index is -1.09. The first kappa shape index (κ1) is 21.0. The van der Waals surface area contributed by atoms with Gasteiger partial charge in [0, 0.05) is 28.8 Å². The van der Waals surface area contributed by atoms with E-state index in [1.54, 1.807) is 20.8 Å². The molecule has 0 saturated carbocycles. The molecule has 3 N–H and O–H groups in total. The molecule has 2 heterocycles. The summed E-state index contributed by atoms with van der Waals surface area (Å²) in [6.07, 6.45) is -0.563. The van der Waals surface area contributed by atoms with Crippen LogP contribution in [0.1, 0.15) is 32.0 Å². The quantitative estimate of drug-likeness (QED) is 0.569. The molecule has 3 rings (SSSR count). The molecule has 0 unspecified atom stereocenters. The van der Waals surface area contributed by atoms with Crippen molar-refractivity contribution in [2.45, 2.75) is 51.4 Å². The number of alkyl carbamates (subject to hydrolysis) is 1. The summed E-state index contributed by atoms with van der Waals surface area (Å²) in [5.41, 5.74) is 1.88. The average Bonchev–Trinajstić information content (AvgIpc) is 3.00. The molecule has 0 radical (unpaired) electrons. The number of amides is 2. The molecule has 0 spiro atoms. The lowest BCUT2D eigenvalue weighted by Gasteiger charge is -2.35. The van der Waals surface area contributed by atoms with Crippen LogP contribution >= 0.6 is 12.6 Å². The number of carbonyl (C=O) groups excluding carboxylic acids is 2. The molecule has 29 heavy (non-hydrogen) atoms. The van der Waals surface area contributed by atoms with E-state index in [1.165, 1.54) is 4.90 Å². The Morgan fingerprint density at radius 2 is 2.03 bits per heavy atom. The Hall–Kier alpha value is -2.68. The smallest absolute Gasteiger partial charge is 0.408 e. The largest absolute Gasteiger partial charge is 0.480 e. The minimum absolute atomic E-state index is 0.0144. The third-order valence-corrected chi connectivity index (χ3v) is 5.11. The van der Waals surface area contributed by atoms with Gasteiger partial charge in [0.15, 0.2) is 0 Å². The van der Waals surface area contributed by atoms with E-state index in [0.717, 1.165) is 22.2 Å². The van der Waals surface area contributed by atoms with Crippen LogP contribution in [0.15, 0.2) is 24.3 Å². The molecule has 2 aromatic rings. The van der Waals surface area contributed by atoms with E-state index >= 15 is 0 Å². The SMILES string of the molecule is CC(C)(C)OC(=O)N[C@@H](CS)C(=O)N1Cc2[nH]c3ccccc3c2C[C@H]1C(=O)O. The standard InChI is InChI=1S/C20H25N3O5S/c1-20(2,3)28-19(27)22-15(10-29)17(24)23-9-14-12(8-16(23)18(25)26)11-6-4-5-7-13(11)21-14/h4-7,15-16,21,29H,8-10H2,1-3H3,(H,22,27)(H,25,26)/t15-,16-/m0/s1. The average molecular weight is 420 g/mol. The summed E-state index contributed by atoms with van der Waals surface area (Å²) in [6, 6.07) is 5.60. The number of aromatic nitrogens is 1. The van der Waals surface area contributed by atoms with Crippen LogP contribution in [-0.2, 0) is 27.3 Å². The maximum absolute atomic E-state index is 13.1. The molecule has 2 amide bonds. The lowest BCUT2D eigenvalue weighted by Crippen LogP contribution is -2.56. The molecule has 8 nitrogen and oxygen atoms in total. The second-order valence-corrected chi connectivity index (χ2v) is 8.40. The summed E-state index contributed by atoms with van der Waals surface area (Å²) in [5.74, 6) is -1.59. The van der Waals surface area contributed by atoms with Crippen LogP contribution in [0.3, 0.4) is 0 Å². The van der Waals surface area contributed by atoms with Gasteiger partial charge in [-0.1, -0.05) is 18.2 Å². The van der Waals surface area contributed by atoms with Crippen LogP contribution in [0, 0.1) is 0 Å². The number of benzene rings is 1. The van der Waals surface area contributed by atoms with Gasteiger partial charge in [-0.05, 0) is 32.4 Å². The van der Waals surface area contributed by atoms with Gasteiger partial charge in [-0.25, -0.2) is 9.59 Å². The number of fused-ring (bicyclic) bond motifs is 3. The molecule has 156 valence electrons. The van der Waals surface area contributed by atoms with Crippen molar-refractivity contribution in [3.05, 3.63) is 35.5 Å². The van der Waals surface area contributed by atoms with Crippen molar-refractivity contribution in [1.82, 2.24) is 15.2 Å². The fraction of sp³-hybridized carbons (Fsp3) is 0.450. The van der Waals surface area contributed by atoms with Gasteiger partial charge in [0.2, 0.25) is 5.91 Å². The van der Waals surface area contributed by atoms with Gasteiger partial charge in [0.1, 0.15) is 17.7 Å². The minimum Gasteiger partial charge on any atom is -0.480 e. The van der Waals surface area contributed by atoms with E-state index in [4.69, 9.17) is 4.74 Å². The summed E-state index contributed by atoms with van der Waals surface area (Å²) < 4.78 is 5.20. The molecule has 0 aliphatic carbocycles. The molecule has 1 aromatic heterocycles. The second kappa shape index (κ2) is 7.98. The zero-order valence-corrected chi connectivity index (χ0v) is 17.5. The molecule has 1 aliphatic heterocycles. The monoisotopic (exact) mass is 419 g/mol. The van der Waals surface area contributed by atoms with Gasteiger partial charge in [-0.3, -0.25) is 4.79 Å². The highest BCUT2D eigenvalue weighted by Gasteiger charge is 2.39. The molecule has 2 atom stereocenters. The number of ether oxygens (including phenoxy) is 1. The lowest BCUT2D eigenvalue weighted by molar-refractivity contribution is -0.152. The highest BCUT2D eigenvalue weighted by atomic mass is 32.1. The van der Waals surface area contributed by atoms with Crippen LogP contribution in [0.4, 0.5) is 4.79 Å². The highest BCUT2D eigenvalue weighted by molar-refractivity contribution is 7.80. The predicted octanol–water partition coefficient (Wildman–Crippen LogP) is 2.33. The number of aromatic amines is 1. The van der Waals surface area contributed by atoms with Crippen LogP contribution in [-0.4, -0.2) is 56.4 Å². The van der Waals surface area contributed by atoms with E-state index in [9.17, 15) is 19.5 Å².